The van der Waals surface area contributed by atoms with Crippen molar-refractivity contribution in [2.45, 2.75) is 77.0 Å². The molecule has 2 bridgehead atoms. The molecular weight excluding hydrogens is 462 g/mol. The monoisotopic (exact) mass is 501 g/mol. The fourth-order valence-electron chi connectivity index (χ4n) is 7.03. The van der Waals surface area contributed by atoms with Crippen LogP contribution in [0.1, 0.15) is 93.0 Å². The van der Waals surface area contributed by atoms with Crippen LogP contribution in [0, 0.1) is 23.7 Å². The summed E-state index contributed by atoms with van der Waals surface area (Å²) in [7, 11) is 0. The summed E-state index contributed by atoms with van der Waals surface area (Å²) in [6.07, 6.45) is 11.5. The minimum atomic E-state index is -0.353. The third-order valence-electron chi connectivity index (χ3n) is 8.84. The van der Waals surface area contributed by atoms with E-state index in [2.05, 4.69) is 31.2 Å². The summed E-state index contributed by atoms with van der Waals surface area (Å²) in [5, 5.41) is 0. The molecule has 2 aromatic rings. The Morgan fingerprint density at radius 1 is 0.811 bits per heavy atom. The lowest BCUT2D eigenvalue weighted by Crippen LogP contribution is -2.33. The number of carbonyl (C=O) groups is 3. The maximum Gasteiger partial charge on any atom is 0.338 e. The molecule has 3 aliphatic rings. The van der Waals surface area contributed by atoms with Gasteiger partial charge in [0.15, 0.2) is 0 Å². The molecule has 0 unspecified atom stereocenters. The Kier molecular flexibility index (Phi) is 8.07. The van der Waals surface area contributed by atoms with Gasteiger partial charge in [0.25, 0.3) is 0 Å². The molecule has 2 saturated carbocycles. The van der Waals surface area contributed by atoms with Crippen molar-refractivity contribution in [2.24, 2.45) is 23.7 Å². The molecule has 196 valence electrons. The number of carbonyl (C=O) groups excluding carboxylic acids is 3. The van der Waals surface area contributed by atoms with Crippen LogP contribution in [0.4, 0.5) is 5.69 Å². The third kappa shape index (κ3) is 5.23. The Morgan fingerprint density at radius 2 is 1.46 bits per heavy atom. The van der Waals surface area contributed by atoms with Gasteiger partial charge in [-0.15, -0.1) is 0 Å². The SMILES string of the molecule is CCCCCCCCCCOC(=O)c1ccc(N2C(=O)[C@H]3[C@@H]4C[C@@H]([C@@H]3C2=O)[C@@H](c2ccccc2)C4)cc1. The minimum Gasteiger partial charge on any atom is -0.462 e. The van der Waals surface area contributed by atoms with Gasteiger partial charge in [-0.3, -0.25) is 14.5 Å². The van der Waals surface area contributed by atoms with Crippen LogP contribution < -0.4 is 4.90 Å². The van der Waals surface area contributed by atoms with Gasteiger partial charge < -0.3 is 4.74 Å². The van der Waals surface area contributed by atoms with Crippen molar-refractivity contribution >= 4 is 23.5 Å². The largest absolute Gasteiger partial charge is 0.462 e. The maximum absolute atomic E-state index is 13.5. The van der Waals surface area contributed by atoms with E-state index >= 15 is 0 Å². The Bertz CT molecular complexity index is 1100. The number of benzene rings is 2. The Morgan fingerprint density at radius 3 is 2.16 bits per heavy atom. The first kappa shape index (κ1) is 25.7. The summed E-state index contributed by atoms with van der Waals surface area (Å²) in [5.41, 5.74) is 2.29. The van der Waals surface area contributed by atoms with E-state index in [-0.39, 0.29) is 41.5 Å². The van der Waals surface area contributed by atoms with E-state index in [1.54, 1.807) is 24.3 Å². The first-order chi connectivity index (χ1) is 18.1. The van der Waals surface area contributed by atoms with Crippen molar-refractivity contribution in [1.82, 2.24) is 0 Å². The first-order valence-corrected chi connectivity index (χ1v) is 14.3. The number of hydrogen-bond donors (Lipinski definition) is 0. The van der Waals surface area contributed by atoms with Crippen LogP contribution in [-0.4, -0.2) is 24.4 Å². The molecule has 5 nitrogen and oxygen atoms in total. The van der Waals surface area contributed by atoms with Crippen LogP contribution in [0.5, 0.6) is 0 Å². The summed E-state index contributed by atoms with van der Waals surface area (Å²) in [6, 6.07) is 17.2. The zero-order valence-electron chi connectivity index (χ0n) is 21.9. The van der Waals surface area contributed by atoms with Crippen LogP contribution in [0.3, 0.4) is 0 Å². The van der Waals surface area contributed by atoms with Crippen molar-refractivity contribution in [3.05, 3.63) is 65.7 Å². The number of rotatable bonds is 12. The summed E-state index contributed by atoms with van der Waals surface area (Å²) in [6.45, 7) is 2.65. The second-order valence-electron chi connectivity index (χ2n) is 11.1. The maximum atomic E-state index is 13.5. The molecule has 2 aliphatic carbocycles. The lowest BCUT2D eigenvalue weighted by molar-refractivity contribution is -0.123. The molecule has 37 heavy (non-hydrogen) atoms. The van der Waals surface area contributed by atoms with Gasteiger partial charge in [0.05, 0.1) is 29.7 Å². The molecule has 5 atom stereocenters. The average molecular weight is 502 g/mol. The number of anilines is 1. The van der Waals surface area contributed by atoms with Gasteiger partial charge in [0.2, 0.25) is 11.8 Å². The quantitative estimate of drug-likeness (QED) is 0.180. The highest BCUT2D eigenvalue weighted by Gasteiger charge is 2.64. The van der Waals surface area contributed by atoms with E-state index in [9.17, 15) is 14.4 Å². The van der Waals surface area contributed by atoms with Gasteiger partial charge in [0.1, 0.15) is 0 Å². The van der Waals surface area contributed by atoms with E-state index in [0.29, 0.717) is 23.8 Å². The van der Waals surface area contributed by atoms with Gasteiger partial charge in [-0.25, -0.2) is 4.79 Å². The van der Waals surface area contributed by atoms with Crippen LogP contribution >= 0.6 is 0 Å². The molecule has 0 aromatic heterocycles. The van der Waals surface area contributed by atoms with E-state index in [1.807, 2.05) is 6.07 Å². The van der Waals surface area contributed by atoms with Gasteiger partial charge in [-0.2, -0.15) is 0 Å². The van der Waals surface area contributed by atoms with Crippen LogP contribution in [0.25, 0.3) is 0 Å². The van der Waals surface area contributed by atoms with Crippen molar-refractivity contribution in [1.29, 1.82) is 0 Å². The van der Waals surface area contributed by atoms with E-state index in [0.717, 1.165) is 25.7 Å². The molecule has 5 rings (SSSR count). The summed E-state index contributed by atoms with van der Waals surface area (Å²) >= 11 is 0. The number of unbranched alkanes of at least 4 members (excludes halogenated alkanes) is 7. The number of hydrogen-bond acceptors (Lipinski definition) is 4. The number of amides is 2. The van der Waals surface area contributed by atoms with E-state index in [4.69, 9.17) is 4.74 Å². The Balaban J connectivity index is 1.14. The predicted molar refractivity (Wildman–Crippen MR) is 144 cm³/mol. The number of ether oxygens (including phenoxy) is 1. The van der Waals surface area contributed by atoms with Crippen LogP contribution in [0.15, 0.2) is 54.6 Å². The molecule has 0 N–H and O–H groups in total. The first-order valence-electron chi connectivity index (χ1n) is 14.3. The minimum absolute atomic E-state index is 0.0703. The van der Waals surface area contributed by atoms with Gasteiger partial charge >= 0.3 is 5.97 Å². The second kappa shape index (κ2) is 11.6. The van der Waals surface area contributed by atoms with Crippen molar-refractivity contribution < 1.29 is 19.1 Å². The zero-order chi connectivity index (χ0) is 25.8. The van der Waals surface area contributed by atoms with E-state index in [1.165, 1.54) is 49.0 Å². The molecule has 1 heterocycles. The molecule has 1 saturated heterocycles. The summed E-state index contributed by atoms with van der Waals surface area (Å²) < 4.78 is 5.45. The smallest absolute Gasteiger partial charge is 0.338 e. The summed E-state index contributed by atoms with van der Waals surface area (Å²) in [4.78, 5) is 40.7. The molecule has 1 aliphatic heterocycles. The van der Waals surface area contributed by atoms with Crippen LogP contribution in [-0.2, 0) is 14.3 Å². The molecule has 0 spiro atoms. The number of esters is 1. The fourth-order valence-corrected chi connectivity index (χ4v) is 7.03. The predicted octanol–water partition coefficient (Wildman–Crippen LogP) is 6.91. The van der Waals surface area contributed by atoms with Crippen molar-refractivity contribution in [3.8, 4) is 0 Å². The highest BCUT2D eigenvalue weighted by Crippen LogP contribution is 2.61. The topological polar surface area (TPSA) is 63.7 Å². The highest BCUT2D eigenvalue weighted by molar-refractivity contribution is 6.22. The number of fused-ring (bicyclic) bond motifs is 5. The Labute approximate surface area is 220 Å². The van der Waals surface area contributed by atoms with Crippen molar-refractivity contribution in [3.63, 3.8) is 0 Å². The average Bonchev–Trinajstić information content (AvgIpc) is 3.59. The third-order valence-corrected chi connectivity index (χ3v) is 8.84. The molecule has 0 radical (unpaired) electrons. The molecule has 2 amide bonds. The lowest BCUT2D eigenvalue weighted by atomic mass is 9.73. The lowest BCUT2D eigenvalue weighted by Gasteiger charge is -2.28. The Hall–Kier alpha value is -2.95. The molecule has 2 aromatic carbocycles. The van der Waals surface area contributed by atoms with E-state index < -0.39 is 0 Å². The standard InChI is InChI=1S/C32H39NO4/c1-2-3-4-5-6-7-8-12-19-37-32(36)23-15-17-25(18-16-23)33-30(34)28-24-20-26(22-13-10-9-11-14-22)27(21-24)29(28)31(33)35/h9-11,13-18,24,26-29H,2-8,12,19-21H2,1H3/t24-,26+,27+,28-,29-/m0/s1. The van der Waals surface area contributed by atoms with Crippen molar-refractivity contribution in [2.75, 3.05) is 11.5 Å². The number of nitrogens with zero attached hydrogens (tertiary/aromatic N) is 1. The highest BCUT2D eigenvalue weighted by atomic mass is 16.5. The summed E-state index contributed by atoms with van der Waals surface area (Å²) in [5.74, 6) is -0.0816. The molecular formula is C32H39NO4. The van der Waals surface area contributed by atoms with Gasteiger partial charge in [0, 0.05) is 0 Å². The second-order valence-corrected chi connectivity index (χ2v) is 11.1. The number of imide groups is 1. The normalized spacial score (nSPS) is 26.1. The van der Waals surface area contributed by atoms with Gasteiger partial charge in [-0.1, -0.05) is 82.2 Å². The molecule has 5 heteroatoms. The fraction of sp³-hybridized carbons (Fsp3) is 0.531. The van der Waals surface area contributed by atoms with Gasteiger partial charge in [-0.05, 0) is 66.8 Å². The zero-order valence-corrected chi connectivity index (χ0v) is 21.9. The van der Waals surface area contributed by atoms with Crippen LogP contribution in [0.2, 0.25) is 0 Å². The molecule has 3 fully saturated rings.